The molecule has 0 aliphatic heterocycles. The monoisotopic (exact) mass is 648 g/mol. The SMILES string of the molecule is Cc1ccc(C(O)(c2ccc(C)cc2)C(NC(=O)C(=O)NC(C(C)(C)C)C(O)(c2ccc(C)cc2)c2ccc(C)cc2)C(C)(C)C)cc1. The molecule has 48 heavy (non-hydrogen) atoms. The fourth-order valence-corrected chi connectivity index (χ4v) is 6.52. The average molecular weight is 649 g/mol. The number of rotatable bonds is 8. The molecule has 2 amide bonds. The molecule has 4 N–H and O–H groups in total. The first-order valence-corrected chi connectivity index (χ1v) is 16.6. The molecule has 0 aliphatic carbocycles. The fraction of sp³-hybridized carbons (Fsp3) is 0.381. The molecular weight excluding hydrogens is 596 g/mol. The molecule has 0 spiro atoms. The highest BCUT2D eigenvalue weighted by atomic mass is 16.3. The summed E-state index contributed by atoms with van der Waals surface area (Å²) in [6.45, 7) is 19.4. The summed E-state index contributed by atoms with van der Waals surface area (Å²) in [6, 6.07) is 28.4. The molecular formula is C42H52N2O4. The molecule has 0 aliphatic rings. The van der Waals surface area contributed by atoms with E-state index in [1.165, 1.54) is 0 Å². The minimum absolute atomic E-state index is 0.596. The van der Waals surface area contributed by atoms with E-state index in [0.29, 0.717) is 22.3 Å². The summed E-state index contributed by atoms with van der Waals surface area (Å²) in [5.74, 6) is -1.81. The summed E-state index contributed by atoms with van der Waals surface area (Å²) >= 11 is 0. The standard InChI is InChI=1S/C42H52N2O4/c1-27-11-19-31(20-12-27)41(47,32-21-13-28(2)14-22-32)37(39(5,6)7)43-35(45)36(46)44-38(40(8,9)10)42(48,33-23-15-29(3)16-24-33)34-25-17-30(4)18-26-34/h11-26,37-38,47-48H,1-10H3,(H,43,45)(H,44,46). The third-order valence-corrected chi connectivity index (χ3v) is 9.29. The molecule has 0 saturated heterocycles. The molecule has 254 valence electrons. The predicted molar refractivity (Wildman–Crippen MR) is 193 cm³/mol. The van der Waals surface area contributed by atoms with Gasteiger partial charge in [-0.3, -0.25) is 9.59 Å². The van der Waals surface area contributed by atoms with Crippen molar-refractivity contribution in [2.75, 3.05) is 0 Å². The Morgan fingerprint density at radius 2 is 0.625 bits per heavy atom. The van der Waals surface area contributed by atoms with E-state index in [1.54, 1.807) is 0 Å². The van der Waals surface area contributed by atoms with Crippen molar-refractivity contribution in [3.63, 3.8) is 0 Å². The molecule has 0 aromatic heterocycles. The number of hydrogen-bond donors (Lipinski definition) is 4. The highest BCUT2D eigenvalue weighted by Gasteiger charge is 2.50. The van der Waals surface area contributed by atoms with Crippen molar-refractivity contribution in [2.24, 2.45) is 10.8 Å². The van der Waals surface area contributed by atoms with Gasteiger partial charge in [0.1, 0.15) is 11.2 Å². The van der Waals surface area contributed by atoms with E-state index in [2.05, 4.69) is 10.6 Å². The molecule has 0 bridgehead atoms. The van der Waals surface area contributed by atoms with Gasteiger partial charge >= 0.3 is 11.8 Å². The van der Waals surface area contributed by atoms with Gasteiger partial charge < -0.3 is 20.8 Å². The molecule has 2 atom stereocenters. The lowest BCUT2D eigenvalue weighted by Crippen LogP contribution is -2.63. The van der Waals surface area contributed by atoms with Crippen LogP contribution in [-0.2, 0) is 20.8 Å². The van der Waals surface area contributed by atoms with E-state index in [-0.39, 0.29) is 0 Å². The Hall–Kier alpha value is -4.26. The van der Waals surface area contributed by atoms with Gasteiger partial charge in [-0.05, 0) is 60.8 Å². The Morgan fingerprint density at radius 1 is 0.438 bits per heavy atom. The van der Waals surface area contributed by atoms with Crippen LogP contribution in [0.1, 0.15) is 86.1 Å². The number of carbonyl (C=O) groups excluding carboxylic acids is 2. The van der Waals surface area contributed by atoms with Gasteiger partial charge in [-0.2, -0.15) is 0 Å². The van der Waals surface area contributed by atoms with Crippen LogP contribution in [0.4, 0.5) is 0 Å². The number of carbonyl (C=O) groups is 2. The Bertz CT molecular complexity index is 1490. The van der Waals surface area contributed by atoms with Crippen LogP contribution in [0.2, 0.25) is 0 Å². The summed E-state index contributed by atoms with van der Waals surface area (Å²) < 4.78 is 0. The molecule has 6 heteroatoms. The molecule has 6 nitrogen and oxygen atoms in total. The Labute approximate surface area is 286 Å². The maximum absolute atomic E-state index is 14.1. The van der Waals surface area contributed by atoms with E-state index < -0.39 is 45.9 Å². The molecule has 0 saturated carbocycles. The first kappa shape index (κ1) is 36.6. The summed E-state index contributed by atoms with van der Waals surface area (Å²) in [5.41, 5.74) is 1.75. The van der Waals surface area contributed by atoms with Crippen LogP contribution < -0.4 is 10.6 Å². The Balaban J connectivity index is 1.78. The van der Waals surface area contributed by atoms with E-state index in [4.69, 9.17) is 0 Å². The Kier molecular flexibility index (Phi) is 10.4. The largest absolute Gasteiger partial charge is 0.378 e. The van der Waals surface area contributed by atoms with Crippen molar-refractivity contribution >= 4 is 11.8 Å². The zero-order valence-electron chi connectivity index (χ0n) is 30.1. The van der Waals surface area contributed by atoms with Crippen molar-refractivity contribution in [3.8, 4) is 0 Å². The number of aryl methyl sites for hydroxylation is 4. The number of amides is 2. The molecule has 4 aromatic rings. The smallest absolute Gasteiger partial charge is 0.309 e. The molecule has 0 radical (unpaired) electrons. The van der Waals surface area contributed by atoms with Crippen molar-refractivity contribution in [3.05, 3.63) is 142 Å². The maximum atomic E-state index is 14.1. The number of nitrogens with one attached hydrogen (secondary N) is 2. The third kappa shape index (κ3) is 7.56. The van der Waals surface area contributed by atoms with Crippen LogP contribution in [0, 0.1) is 38.5 Å². The zero-order chi connectivity index (χ0) is 35.7. The average Bonchev–Trinajstić information content (AvgIpc) is 3.01. The van der Waals surface area contributed by atoms with Crippen LogP contribution in [0.3, 0.4) is 0 Å². The van der Waals surface area contributed by atoms with Gasteiger partial charge in [-0.25, -0.2) is 0 Å². The van der Waals surface area contributed by atoms with Gasteiger partial charge in [0.25, 0.3) is 0 Å². The van der Waals surface area contributed by atoms with Gasteiger partial charge in [0.2, 0.25) is 0 Å². The summed E-state index contributed by atoms with van der Waals surface area (Å²) in [5, 5.41) is 31.4. The van der Waals surface area contributed by atoms with E-state index in [9.17, 15) is 19.8 Å². The normalized spacial score (nSPS) is 13.8. The second kappa shape index (κ2) is 13.7. The van der Waals surface area contributed by atoms with Crippen molar-refractivity contribution < 1.29 is 19.8 Å². The lowest BCUT2D eigenvalue weighted by Gasteiger charge is -2.46. The lowest BCUT2D eigenvalue weighted by atomic mass is 9.69. The molecule has 0 heterocycles. The first-order chi connectivity index (χ1) is 22.3. The summed E-state index contributed by atoms with van der Waals surface area (Å²) in [6.07, 6.45) is 0. The number of aliphatic hydroxyl groups is 2. The molecule has 4 aromatic carbocycles. The van der Waals surface area contributed by atoms with Gasteiger partial charge in [-0.15, -0.1) is 0 Å². The molecule has 4 rings (SSSR count). The second-order valence-corrected chi connectivity index (χ2v) is 15.5. The van der Waals surface area contributed by atoms with Gasteiger partial charge in [0.05, 0.1) is 12.1 Å². The van der Waals surface area contributed by atoms with Gasteiger partial charge in [-0.1, -0.05) is 161 Å². The minimum Gasteiger partial charge on any atom is -0.378 e. The van der Waals surface area contributed by atoms with Crippen molar-refractivity contribution in [2.45, 2.75) is 92.5 Å². The summed E-state index contributed by atoms with van der Waals surface area (Å²) in [7, 11) is 0. The van der Waals surface area contributed by atoms with Crippen molar-refractivity contribution in [1.82, 2.24) is 10.6 Å². The highest BCUT2D eigenvalue weighted by molar-refractivity contribution is 6.35. The van der Waals surface area contributed by atoms with E-state index >= 15 is 0 Å². The molecule has 2 unspecified atom stereocenters. The number of benzene rings is 4. The topological polar surface area (TPSA) is 98.7 Å². The minimum atomic E-state index is -1.68. The number of hydrogen-bond acceptors (Lipinski definition) is 4. The molecule has 0 fully saturated rings. The third-order valence-electron chi connectivity index (χ3n) is 9.29. The van der Waals surface area contributed by atoms with Gasteiger partial charge in [0.15, 0.2) is 0 Å². The second-order valence-electron chi connectivity index (χ2n) is 15.5. The van der Waals surface area contributed by atoms with Crippen LogP contribution in [0.25, 0.3) is 0 Å². The lowest BCUT2D eigenvalue weighted by molar-refractivity contribution is -0.144. The van der Waals surface area contributed by atoms with E-state index in [0.717, 1.165) is 22.3 Å². The van der Waals surface area contributed by atoms with E-state index in [1.807, 2.05) is 166 Å². The van der Waals surface area contributed by atoms with Crippen LogP contribution in [0.15, 0.2) is 97.1 Å². The van der Waals surface area contributed by atoms with Crippen LogP contribution in [-0.4, -0.2) is 34.1 Å². The maximum Gasteiger partial charge on any atom is 0.309 e. The Morgan fingerprint density at radius 3 is 0.792 bits per heavy atom. The fourth-order valence-electron chi connectivity index (χ4n) is 6.52. The van der Waals surface area contributed by atoms with Crippen molar-refractivity contribution in [1.29, 1.82) is 0 Å². The van der Waals surface area contributed by atoms with Crippen LogP contribution in [0.5, 0.6) is 0 Å². The summed E-state index contributed by atoms with van der Waals surface area (Å²) in [4.78, 5) is 28.1. The van der Waals surface area contributed by atoms with Gasteiger partial charge in [0, 0.05) is 0 Å². The predicted octanol–water partition coefficient (Wildman–Crippen LogP) is 7.15. The quantitative estimate of drug-likeness (QED) is 0.153. The highest BCUT2D eigenvalue weighted by Crippen LogP contribution is 2.42. The first-order valence-electron chi connectivity index (χ1n) is 16.6. The zero-order valence-corrected chi connectivity index (χ0v) is 30.1. The van der Waals surface area contributed by atoms with Crippen LogP contribution >= 0.6 is 0 Å².